The molecule has 0 aromatic heterocycles. The standard InChI is InChI=1S/C15H18O3/c1-15(2,3)14(17)12-7-9-5-6-10(18-4)8-11(9)13(12)16/h5-6,8,12H,7H2,1-4H3. The summed E-state index contributed by atoms with van der Waals surface area (Å²) >= 11 is 0. The van der Waals surface area contributed by atoms with Crippen LogP contribution in [0.15, 0.2) is 18.2 Å². The minimum Gasteiger partial charge on any atom is -0.497 e. The van der Waals surface area contributed by atoms with Crippen LogP contribution in [0.3, 0.4) is 0 Å². The predicted octanol–water partition coefficient (Wildman–Crippen LogP) is 2.67. The van der Waals surface area contributed by atoms with Crippen molar-refractivity contribution in [2.45, 2.75) is 27.2 Å². The van der Waals surface area contributed by atoms with E-state index >= 15 is 0 Å². The minimum absolute atomic E-state index is 0.0164. The van der Waals surface area contributed by atoms with Crippen molar-refractivity contribution in [3.05, 3.63) is 29.3 Å². The predicted molar refractivity (Wildman–Crippen MR) is 69.0 cm³/mol. The summed E-state index contributed by atoms with van der Waals surface area (Å²) in [6, 6.07) is 5.44. The molecule has 0 radical (unpaired) electrons. The van der Waals surface area contributed by atoms with Crippen molar-refractivity contribution in [1.82, 2.24) is 0 Å². The second kappa shape index (κ2) is 4.23. The number of Topliss-reactive ketones (excluding diaryl/α,β-unsaturated/α-hetero) is 2. The Balaban J connectivity index is 2.34. The Bertz CT molecular complexity index is 509. The number of fused-ring (bicyclic) bond motifs is 1. The van der Waals surface area contributed by atoms with Crippen molar-refractivity contribution < 1.29 is 14.3 Å². The average Bonchev–Trinajstić information content (AvgIpc) is 2.64. The molecule has 1 aromatic rings. The number of benzene rings is 1. The Morgan fingerprint density at radius 2 is 2.00 bits per heavy atom. The van der Waals surface area contributed by atoms with Crippen LogP contribution in [0.1, 0.15) is 36.7 Å². The molecule has 0 heterocycles. The number of ketones is 2. The summed E-state index contributed by atoms with van der Waals surface area (Å²) in [4.78, 5) is 24.5. The van der Waals surface area contributed by atoms with Crippen LogP contribution < -0.4 is 4.74 Å². The van der Waals surface area contributed by atoms with E-state index in [1.54, 1.807) is 13.2 Å². The lowest BCUT2D eigenvalue weighted by Gasteiger charge is -2.20. The number of carbonyl (C=O) groups excluding carboxylic acids is 2. The van der Waals surface area contributed by atoms with Gasteiger partial charge in [0.25, 0.3) is 0 Å². The molecule has 0 N–H and O–H groups in total. The van der Waals surface area contributed by atoms with E-state index in [-0.39, 0.29) is 11.6 Å². The van der Waals surface area contributed by atoms with Crippen molar-refractivity contribution in [2.24, 2.45) is 11.3 Å². The Kier molecular flexibility index (Phi) is 3.01. The Morgan fingerprint density at radius 3 is 2.56 bits per heavy atom. The molecular weight excluding hydrogens is 228 g/mol. The fourth-order valence-electron chi connectivity index (χ4n) is 2.32. The first-order valence-corrected chi connectivity index (χ1v) is 6.10. The SMILES string of the molecule is COc1ccc2c(c1)C(=O)C(C(=O)C(C)(C)C)C2. The van der Waals surface area contributed by atoms with E-state index in [1.165, 1.54) is 0 Å². The molecule has 1 aliphatic rings. The topological polar surface area (TPSA) is 43.4 Å². The van der Waals surface area contributed by atoms with Crippen molar-refractivity contribution >= 4 is 11.6 Å². The summed E-state index contributed by atoms with van der Waals surface area (Å²) in [6.07, 6.45) is 0.522. The van der Waals surface area contributed by atoms with Gasteiger partial charge >= 0.3 is 0 Å². The van der Waals surface area contributed by atoms with Gasteiger partial charge in [0.05, 0.1) is 13.0 Å². The molecule has 2 rings (SSSR count). The number of hydrogen-bond acceptors (Lipinski definition) is 3. The van der Waals surface area contributed by atoms with Crippen LogP contribution in [0.25, 0.3) is 0 Å². The van der Waals surface area contributed by atoms with Gasteiger partial charge in [0.15, 0.2) is 5.78 Å². The van der Waals surface area contributed by atoms with E-state index < -0.39 is 11.3 Å². The molecule has 3 nitrogen and oxygen atoms in total. The van der Waals surface area contributed by atoms with Gasteiger partial charge in [-0.1, -0.05) is 26.8 Å². The van der Waals surface area contributed by atoms with Crippen LogP contribution in [-0.4, -0.2) is 18.7 Å². The molecule has 0 spiro atoms. The summed E-state index contributed by atoms with van der Waals surface area (Å²) in [7, 11) is 1.57. The van der Waals surface area contributed by atoms with Gasteiger partial charge in [0.1, 0.15) is 11.5 Å². The highest BCUT2D eigenvalue weighted by Gasteiger charge is 2.40. The molecule has 18 heavy (non-hydrogen) atoms. The summed E-state index contributed by atoms with van der Waals surface area (Å²) in [5, 5.41) is 0. The molecule has 1 atom stereocenters. The molecule has 1 aromatic carbocycles. The molecule has 0 amide bonds. The third-order valence-corrected chi connectivity index (χ3v) is 3.38. The van der Waals surface area contributed by atoms with Crippen LogP contribution in [0.4, 0.5) is 0 Å². The van der Waals surface area contributed by atoms with Crippen LogP contribution in [0, 0.1) is 11.3 Å². The largest absolute Gasteiger partial charge is 0.497 e. The summed E-state index contributed by atoms with van der Waals surface area (Å²) < 4.78 is 5.11. The lowest BCUT2D eigenvalue weighted by atomic mass is 9.81. The first-order chi connectivity index (χ1) is 8.34. The van der Waals surface area contributed by atoms with Crippen molar-refractivity contribution in [3.63, 3.8) is 0 Å². The van der Waals surface area contributed by atoms with Gasteiger partial charge in [-0.2, -0.15) is 0 Å². The van der Waals surface area contributed by atoms with Gasteiger partial charge < -0.3 is 4.74 Å². The van der Waals surface area contributed by atoms with Gasteiger partial charge in [-0.05, 0) is 24.1 Å². The molecule has 0 saturated heterocycles. The third-order valence-electron chi connectivity index (χ3n) is 3.38. The summed E-state index contributed by atoms with van der Waals surface area (Å²) in [6.45, 7) is 5.56. The molecule has 0 bridgehead atoms. The first-order valence-electron chi connectivity index (χ1n) is 6.10. The van der Waals surface area contributed by atoms with Crippen LogP contribution >= 0.6 is 0 Å². The smallest absolute Gasteiger partial charge is 0.174 e. The molecule has 96 valence electrons. The van der Waals surface area contributed by atoms with E-state index in [2.05, 4.69) is 0 Å². The Labute approximate surface area is 107 Å². The Morgan fingerprint density at radius 1 is 1.33 bits per heavy atom. The van der Waals surface area contributed by atoms with Gasteiger partial charge in [0, 0.05) is 11.0 Å². The highest BCUT2D eigenvalue weighted by molar-refractivity contribution is 6.15. The van der Waals surface area contributed by atoms with Gasteiger partial charge in [0.2, 0.25) is 0 Å². The van der Waals surface area contributed by atoms with Gasteiger partial charge in [-0.25, -0.2) is 0 Å². The maximum Gasteiger partial charge on any atom is 0.174 e. The van der Waals surface area contributed by atoms with Gasteiger partial charge in [-0.3, -0.25) is 9.59 Å². The Hall–Kier alpha value is -1.64. The number of hydrogen-bond donors (Lipinski definition) is 0. The van der Waals surface area contributed by atoms with Crippen molar-refractivity contribution in [1.29, 1.82) is 0 Å². The second-order valence-corrected chi connectivity index (χ2v) is 5.76. The van der Waals surface area contributed by atoms with E-state index in [0.29, 0.717) is 17.7 Å². The molecule has 0 saturated carbocycles. The fraction of sp³-hybridized carbons (Fsp3) is 0.467. The molecule has 0 fully saturated rings. The zero-order chi connectivity index (χ0) is 13.5. The normalized spacial score (nSPS) is 18.7. The van der Waals surface area contributed by atoms with Gasteiger partial charge in [-0.15, -0.1) is 0 Å². The van der Waals surface area contributed by atoms with Crippen LogP contribution in [0.5, 0.6) is 5.75 Å². The van der Waals surface area contributed by atoms with Crippen LogP contribution in [-0.2, 0) is 11.2 Å². The molecule has 0 aliphatic heterocycles. The quantitative estimate of drug-likeness (QED) is 0.753. The number of carbonyl (C=O) groups is 2. The molecular formula is C15H18O3. The lowest BCUT2D eigenvalue weighted by Crippen LogP contribution is -2.31. The number of methoxy groups -OCH3 is 1. The minimum atomic E-state index is -0.521. The zero-order valence-electron chi connectivity index (χ0n) is 11.2. The van der Waals surface area contributed by atoms with E-state index in [4.69, 9.17) is 4.74 Å². The van der Waals surface area contributed by atoms with E-state index in [0.717, 1.165) is 5.56 Å². The third kappa shape index (κ3) is 2.05. The highest BCUT2D eigenvalue weighted by atomic mass is 16.5. The highest BCUT2D eigenvalue weighted by Crippen LogP contribution is 2.34. The van der Waals surface area contributed by atoms with Crippen molar-refractivity contribution in [2.75, 3.05) is 7.11 Å². The average molecular weight is 246 g/mol. The number of rotatable bonds is 2. The summed E-state index contributed by atoms with van der Waals surface area (Å²) in [5.74, 6) is 0.0876. The van der Waals surface area contributed by atoms with Crippen LogP contribution in [0.2, 0.25) is 0 Å². The molecule has 3 heteroatoms. The monoisotopic (exact) mass is 246 g/mol. The fourth-order valence-corrected chi connectivity index (χ4v) is 2.32. The van der Waals surface area contributed by atoms with E-state index in [9.17, 15) is 9.59 Å². The lowest BCUT2D eigenvalue weighted by molar-refractivity contribution is -0.128. The molecule has 1 aliphatic carbocycles. The van der Waals surface area contributed by atoms with Crippen molar-refractivity contribution in [3.8, 4) is 5.75 Å². The number of ether oxygens (including phenoxy) is 1. The second-order valence-electron chi connectivity index (χ2n) is 5.76. The van der Waals surface area contributed by atoms with E-state index in [1.807, 2.05) is 32.9 Å². The zero-order valence-corrected chi connectivity index (χ0v) is 11.2. The maximum absolute atomic E-state index is 12.3. The summed E-state index contributed by atoms with van der Waals surface area (Å²) in [5.41, 5.74) is 1.10. The first kappa shape index (κ1) is 12.8. The molecule has 1 unspecified atom stereocenters. The maximum atomic E-state index is 12.3.